The van der Waals surface area contributed by atoms with Crippen LogP contribution >= 0.6 is 0 Å². The van der Waals surface area contributed by atoms with Crippen LogP contribution in [0.3, 0.4) is 0 Å². The molecule has 0 heterocycles. The molecule has 0 spiro atoms. The molecule has 2 aromatic rings. The molecule has 5 saturated carbocycles. The summed E-state index contributed by atoms with van der Waals surface area (Å²) in [4.78, 5) is 27.7. The first-order valence-corrected chi connectivity index (χ1v) is 22.2. The summed E-state index contributed by atoms with van der Waals surface area (Å²) >= 11 is 0. The van der Waals surface area contributed by atoms with E-state index in [1.165, 1.54) is 43.2 Å². The van der Waals surface area contributed by atoms with E-state index in [0.717, 1.165) is 62.5 Å². The molecule has 5 aliphatic carbocycles. The number of hydrogen-bond acceptors (Lipinski definition) is 5. The second kappa shape index (κ2) is 14.4. The summed E-state index contributed by atoms with van der Waals surface area (Å²) < 4.78 is 38.3. The third kappa shape index (κ3) is 6.79. The number of primary sulfonamides is 1. The number of sulfonamides is 1. The Balaban J connectivity index is 1.04. The van der Waals surface area contributed by atoms with Gasteiger partial charge in [0.1, 0.15) is 5.82 Å². The highest BCUT2D eigenvalue weighted by atomic mass is 32.2. The van der Waals surface area contributed by atoms with Crippen LogP contribution < -0.4 is 15.8 Å². The van der Waals surface area contributed by atoms with Gasteiger partial charge in [-0.3, -0.25) is 9.59 Å². The molecular formula is C45H62FN3O5S. The van der Waals surface area contributed by atoms with E-state index in [-0.39, 0.29) is 63.0 Å². The van der Waals surface area contributed by atoms with Crippen LogP contribution in [-0.2, 0) is 27.8 Å². The fraction of sp³-hybridized carbons (Fsp3) is 0.644. The summed E-state index contributed by atoms with van der Waals surface area (Å²) in [6, 6.07) is 10.4. The zero-order valence-electron chi connectivity index (χ0n) is 33.4. The first-order valence-electron chi connectivity index (χ1n) is 20.6. The third-order valence-electron chi connectivity index (χ3n) is 16.3. The molecule has 0 bridgehead atoms. The fourth-order valence-corrected chi connectivity index (χ4v) is 14.2. The molecule has 0 aromatic heterocycles. The van der Waals surface area contributed by atoms with E-state index in [2.05, 4.69) is 51.8 Å². The second-order valence-corrected chi connectivity index (χ2v) is 20.8. The van der Waals surface area contributed by atoms with Gasteiger partial charge in [-0.15, -0.1) is 0 Å². The van der Waals surface area contributed by atoms with Crippen LogP contribution in [0.15, 0.2) is 59.5 Å². The van der Waals surface area contributed by atoms with Crippen molar-refractivity contribution in [3.05, 3.63) is 77.1 Å². The van der Waals surface area contributed by atoms with Gasteiger partial charge in [-0.1, -0.05) is 52.0 Å². The van der Waals surface area contributed by atoms with Gasteiger partial charge in [0.05, 0.1) is 16.4 Å². The standard InChI is InChI=1S/C45H62FN3O5S/c1-27(2)32-15-22-45(23-16-34-33(39(32)45)12-14-37-43(34,5)20-17-36-42(3,4)38(50)18-21-44(36,37)6)41(52)49-26-30-25-29(9-13-35(30)46)40(51)48-24-19-28-7-10-31(11-8-28)55(47,53)54/h7-11,13,25,32-34,36-39,50H,1,12,14-24,26H2,2-6H3,(H,48,51)(H,49,52)(H2,47,53,54). The number of amides is 2. The Kier molecular flexibility index (Phi) is 10.5. The second-order valence-electron chi connectivity index (χ2n) is 19.3. The van der Waals surface area contributed by atoms with Crippen molar-refractivity contribution in [2.45, 2.75) is 123 Å². The predicted octanol–water partition coefficient (Wildman–Crippen LogP) is 7.69. The lowest BCUT2D eigenvalue weighted by molar-refractivity contribution is -0.216. The summed E-state index contributed by atoms with van der Waals surface area (Å²) in [6.07, 6.45) is 10.4. The normalized spacial score (nSPS) is 36.4. The van der Waals surface area contributed by atoms with Crippen molar-refractivity contribution in [3.8, 4) is 0 Å². The summed E-state index contributed by atoms with van der Waals surface area (Å²) in [6.45, 7) is 16.6. The number of allylic oxidation sites excluding steroid dienone is 1. The molecule has 10 unspecified atom stereocenters. The van der Waals surface area contributed by atoms with Crippen molar-refractivity contribution >= 4 is 21.8 Å². The van der Waals surface area contributed by atoms with Gasteiger partial charge in [0, 0.05) is 24.2 Å². The van der Waals surface area contributed by atoms with E-state index in [9.17, 15) is 23.1 Å². The van der Waals surface area contributed by atoms with Crippen LogP contribution in [-0.4, -0.2) is 38.0 Å². The lowest BCUT2D eigenvalue weighted by Crippen LogP contribution is -2.64. The Labute approximate surface area is 327 Å². The average molecular weight is 776 g/mol. The molecule has 0 aliphatic heterocycles. The molecule has 8 nitrogen and oxygen atoms in total. The lowest BCUT2D eigenvalue weighted by Gasteiger charge is -2.69. The number of benzene rings is 2. The first-order chi connectivity index (χ1) is 25.8. The molecule has 5 fully saturated rings. The number of rotatable bonds is 9. The van der Waals surface area contributed by atoms with Crippen molar-refractivity contribution < 1.29 is 27.5 Å². The molecule has 55 heavy (non-hydrogen) atoms. The summed E-state index contributed by atoms with van der Waals surface area (Å²) in [5, 5.41) is 22.3. The van der Waals surface area contributed by atoms with Gasteiger partial charge in [-0.05, 0) is 165 Å². The van der Waals surface area contributed by atoms with Gasteiger partial charge in [0.15, 0.2) is 0 Å². The van der Waals surface area contributed by atoms with Crippen LogP contribution in [0.5, 0.6) is 0 Å². The van der Waals surface area contributed by atoms with Crippen LogP contribution in [0.25, 0.3) is 0 Å². The Hall–Kier alpha value is -3.08. The van der Waals surface area contributed by atoms with Crippen molar-refractivity contribution in [3.63, 3.8) is 0 Å². The largest absolute Gasteiger partial charge is 0.393 e. The Bertz CT molecular complexity index is 1950. The number of carbonyl (C=O) groups excluding carboxylic acids is 2. The van der Waals surface area contributed by atoms with E-state index in [0.29, 0.717) is 42.2 Å². The molecule has 5 aliphatic rings. The summed E-state index contributed by atoms with van der Waals surface area (Å²) in [5.41, 5.74) is 2.36. The minimum Gasteiger partial charge on any atom is -0.393 e. The monoisotopic (exact) mass is 775 g/mol. The van der Waals surface area contributed by atoms with E-state index in [4.69, 9.17) is 5.14 Å². The SMILES string of the molecule is C=C(C)C1CCC2(C(=O)NCc3cc(C(=O)NCCc4ccc(S(N)(=O)=O)cc4)ccc3F)CCC3C(CCC4C3(C)CCC3C(C)(C)C(O)CCC34C)C12. The minimum atomic E-state index is -3.78. The van der Waals surface area contributed by atoms with Crippen molar-refractivity contribution in [1.29, 1.82) is 0 Å². The van der Waals surface area contributed by atoms with Crippen LogP contribution in [0.2, 0.25) is 0 Å². The first kappa shape index (κ1) is 40.1. The van der Waals surface area contributed by atoms with Gasteiger partial charge in [0.25, 0.3) is 5.91 Å². The molecule has 0 radical (unpaired) electrons. The number of halogens is 1. The fourth-order valence-electron chi connectivity index (χ4n) is 13.7. The van der Waals surface area contributed by atoms with E-state index in [1.54, 1.807) is 12.1 Å². The maximum Gasteiger partial charge on any atom is 0.251 e. The number of fused-ring (bicyclic) bond motifs is 7. The smallest absolute Gasteiger partial charge is 0.251 e. The average Bonchev–Trinajstić information content (AvgIpc) is 3.54. The van der Waals surface area contributed by atoms with Gasteiger partial charge in [-0.25, -0.2) is 17.9 Å². The van der Waals surface area contributed by atoms with Gasteiger partial charge >= 0.3 is 0 Å². The highest BCUT2D eigenvalue weighted by Crippen LogP contribution is 2.73. The summed E-state index contributed by atoms with van der Waals surface area (Å²) in [5.74, 6) is 1.76. The van der Waals surface area contributed by atoms with Gasteiger partial charge < -0.3 is 15.7 Å². The predicted molar refractivity (Wildman–Crippen MR) is 212 cm³/mol. The van der Waals surface area contributed by atoms with Crippen LogP contribution in [0, 0.1) is 63.0 Å². The Morgan fingerprint density at radius 1 is 0.891 bits per heavy atom. The Morgan fingerprint density at radius 3 is 2.27 bits per heavy atom. The van der Waals surface area contributed by atoms with E-state index >= 15 is 4.39 Å². The number of nitrogens with one attached hydrogen (secondary N) is 2. The highest BCUT2D eigenvalue weighted by molar-refractivity contribution is 7.89. The minimum absolute atomic E-state index is 0.00363. The number of aliphatic hydroxyl groups is 1. The molecule has 5 N–H and O–H groups in total. The maximum atomic E-state index is 15.2. The molecule has 7 rings (SSSR count). The van der Waals surface area contributed by atoms with E-state index in [1.807, 2.05) is 0 Å². The maximum absolute atomic E-state index is 15.2. The third-order valence-corrected chi connectivity index (χ3v) is 17.3. The molecule has 0 saturated heterocycles. The number of hydrogen-bond donors (Lipinski definition) is 4. The van der Waals surface area contributed by atoms with Crippen molar-refractivity contribution in [2.75, 3.05) is 6.54 Å². The molecular weight excluding hydrogens is 714 g/mol. The Morgan fingerprint density at radius 2 is 1.58 bits per heavy atom. The molecule has 300 valence electrons. The van der Waals surface area contributed by atoms with Crippen molar-refractivity contribution in [2.24, 2.45) is 62.3 Å². The van der Waals surface area contributed by atoms with Crippen molar-refractivity contribution in [1.82, 2.24) is 10.6 Å². The van der Waals surface area contributed by atoms with Gasteiger partial charge in [0.2, 0.25) is 15.9 Å². The molecule has 2 aromatic carbocycles. The topological polar surface area (TPSA) is 139 Å². The van der Waals surface area contributed by atoms with E-state index < -0.39 is 21.3 Å². The van der Waals surface area contributed by atoms with Crippen LogP contribution in [0.1, 0.15) is 120 Å². The molecule has 10 heteroatoms. The number of carbonyl (C=O) groups is 2. The quantitative estimate of drug-likeness (QED) is 0.194. The molecule has 2 amide bonds. The lowest BCUT2D eigenvalue weighted by atomic mass is 9.36. The zero-order chi connectivity index (χ0) is 39.7. The highest BCUT2D eigenvalue weighted by Gasteiger charge is 2.68. The van der Waals surface area contributed by atoms with Crippen LogP contribution in [0.4, 0.5) is 4.39 Å². The van der Waals surface area contributed by atoms with Gasteiger partial charge in [-0.2, -0.15) is 0 Å². The number of aliphatic hydroxyl groups excluding tert-OH is 1. The number of nitrogens with two attached hydrogens (primary N) is 1. The zero-order valence-corrected chi connectivity index (χ0v) is 34.2. The summed E-state index contributed by atoms with van der Waals surface area (Å²) in [7, 11) is -3.78. The molecule has 10 atom stereocenters.